The van der Waals surface area contributed by atoms with Crippen LogP contribution in [0.5, 0.6) is 0 Å². The lowest BCUT2D eigenvalue weighted by molar-refractivity contribution is 0.0756. The number of methoxy groups -OCH3 is 2. The molecule has 0 heterocycles. The van der Waals surface area contributed by atoms with E-state index in [9.17, 15) is 0 Å². The topological polar surface area (TPSA) is 33.7 Å². The third-order valence-electron chi connectivity index (χ3n) is 3.02. The van der Waals surface area contributed by atoms with Gasteiger partial charge in [-0.1, -0.05) is 0 Å². The molecule has 1 aliphatic carbocycles. The zero-order valence-corrected chi connectivity index (χ0v) is 10.9. The van der Waals surface area contributed by atoms with Crippen LogP contribution in [0.2, 0.25) is 0 Å². The fourth-order valence-corrected chi connectivity index (χ4v) is 1.81. The predicted octanol–water partition coefficient (Wildman–Crippen LogP) is 0.722. The lowest BCUT2D eigenvalue weighted by atomic mass is 10.3. The van der Waals surface area contributed by atoms with Crippen LogP contribution in [0.3, 0.4) is 0 Å². The summed E-state index contributed by atoms with van der Waals surface area (Å²) in [6.07, 6.45) is 2.71. The van der Waals surface area contributed by atoms with Gasteiger partial charge in [-0.3, -0.25) is 4.90 Å². The van der Waals surface area contributed by atoms with Crippen molar-refractivity contribution in [3.63, 3.8) is 0 Å². The maximum absolute atomic E-state index is 5.20. The SMILES string of the molecule is COCCN(CCNC1CC1)C(C)COC. The first-order valence-corrected chi connectivity index (χ1v) is 6.23. The van der Waals surface area contributed by atoms with Crippen molar-refractivity contribution in [3.8, 4) is 0 Å². The quantitative estimate of drug-likeness (QED) is 0.600. The second-order valence-electron chi connectivity index (χ2n) is 4.56. The molecule has 0 aromatic heterocycles. The van der Waals surface area contributed by atoms with Gasteiger partial charge >= 0.3 is 0 Å². The van der Waals surface area contributed by atoms with Crippen molar-refractivity contribution in [3.05, 3.63) is 0 Å². The first-order valence-electron chi connectivity index (χ1n) is 6.23. The molecule has 4 heteroatoms. The Hall–Kier alpha value is -0.160. The van der Waals surface area contributed by atoms with E-state index in [1.807, 2.05) is 0 Å². The average Bonchev–Trinajstić information content (AvgIpc) is 3.07. The van der Waals surface area contributed by atoms with E-state index in [1.54, 1.807) is 14.2 Å². The highest BCUT2D eigenvalue weighted by Gasteiger charge is 2.20. The summed E-state index contributed by atoms with van der Waals surface area (Å²) in [6.45, 7) is 6.90. The maximum atomic E-state index is 5.20. The number of nitrogens with zero attached hydrogens (tertiary/aromatic N) is 1. The van der Waals surface area contributed by atoms with Gasteiger partial charge in [0, 0.05) is 45.9 Å². The molecule has 1 atom stereocenters. The minimum atomic E-state index is 0.459. The predicted molar refractivity (Wildman–Crippen MR) is 65.8 cm³/mol. The largest absolute Gasteiger partial charge is 0.383 e. The molecular formula is C12H26N2O2. The van der Waals surface area contributed by atoms with Gasteiger partial charge < -0.3 is 14.8 Å². The normalized spacial score (nSPS) is 18.0. The minimum Gasteiger partial charge on any atom is -0.383 e. The molecule has 0 amide bonds. The molecule has 0 aromatic carbocycles. The molecule has 1 aliphatic rings. The Labute approximate surface area is 99.3 Å². The van der Waals surface area contributed by atoms with Crippen molar-refractivity contribution in [2.45, 2.75) is 31.8 Å². The van der Waals surface area contributed by atoms with Crippen LogP contribution in [0.25, 0.3) is 0 Å². The van der Waals surface area contributed by atoms with Gasteiger partial charge in [-0.05, 0) is 19.8 Å². The molecule has 96 valence electrons. The third-order valence-corrected chi connectivity index (χ3v) is 3.02. The van der Waals surface area contributed by atoms with Crippen molar-refractivity contribution < 1.29 is 9.47 Å². The zero-order valence-electron chi connectivity index (χ0n) is 10.9. The molecule has 0 spiro atoms. The monoisotopic (exact) mass is 230 g/mol. The lowest BCUT2D eigenvalue weighted by Gasteiger charge is -2.28. The van der Waals surface area contributed by atoms with E-state index in [1.165, 1.54) is 12.8 Å². The molecule has 1 unspecified atom stereocenters. The first kappa shape index (κ1) is 13.9. The van der Waals surface area contributed by atoms with Gasteiger partial charge in [-0.15, -0.1) is 0 Å². The molecule has 1 rings (SSSR count). The minimum absolute atomic E-state index is 0.459. The van der Waals surface area contributed by atoms with Crippen molar-refractivity contribution >= 4 is 0 Å². The molecule has 1 N–H and O–H groups in total. The van der Waals surface area contributed by atoms with E-state index >= 15 is 0 Å². The Morgan fingerprint density at radius 2 is 2.00 bits per heavy atom. The summed E-state index contributed by atoms with van der Waals surface area (Å²) in [5.74, 6) is 0. The Kier molecular flexibility index (Phi) is 6.96. The Morgan fingerprint density at radius 1 is 1.25 bits per heavy atom. The van der Waals surface area contributed by atoms with Gasteiger partial charge in [0.25, 0.3) is 0 Å². The molecule has 1 saturated carbocycles. The summed E-state index contributed by atoms with van der Waals surface area (Å²) < 4.78 is 10.3. The van der Waals surface area contributed by atoms with Crippen LogP contribution < -0.4 is 5.32 Å². The van der Waals surface area contributed by atoms with Gasteiger partial charge in [-0.25, -0.2) is 0 Å². The number of hydrogen-bond acceptors (Lipinski definition) is 4. The molecular weight excluding hydrogens is 204 g/mol. The van der Waals surface area contributed by atoms with Crippen molar-refractivity contribution in [2.24, 2.45) is 0 Å². The van der Waals surface area contributed by atoms with Crippen molar-refractivity contribution in [1.82, 2.24) is 10.2 Å². The lowest BCUT2D eigenvalue weighted by Crippen LogP contribution is -2.42. The van der Waals surface area contributed by atoms with Crippen LogP contribution in [0.1, 0.15) is 19.8 Å². The van der Waals surface area contributed by atoms with E-state index in [-0.39, 0.29) is 0 Å². The summed E-state index contributed by atoms with van der Waals surface area (Å²) in [7, 11) is 3.51. The fourth-order valence-electron chi connectivity index (χ4n) is 1.81. The van der Waals surface area contributed by atoms with E-state index in [4.69, 9.17) is 9.47 Å². The standard InChI is InChI=1S/C12H26N2O2/c1-11(10-16-3)14(8-9-15-2)7-6-13-12-4-5-12/h11-13H,4-10H2,1-3H3. The van der Waals surface area contributed by atoms with Crippen LogP contribution >= 0.6 is 0 Å². The Bertz CT molecular complexity index is 174. The molecule has 0 saturated heterocycles. The zero-order chi connectivity index (χ0) is 11.8. The van der Waals surface area contributed by atoms with Gasteiger partial charge in [0.2, 0.25) is 0 Å². The summed E-state index contributed by atoms with van der Waals surface area (Å²) in [6, 6.07) is 1.25. The molecule has 4 nitrogen and oxygen atoms in total. The van der Waals surface area contributed by atoms with Crippen LogP contribution in [0, 0.1) is 0 Å². The number of nitrogens with one attached hydrogen (secondary N) is 1. The number of hydrogen-bond donors (Lipinski definition) is 1. The fraction of sp³-hybridized carbons (Fsp3) is 1.00. The summed E-state index contributed by atoms with van der Waals surface area (Å²) >= 11 is 0. The van der Waals surface area contributed by atoms with Crippen LogP contribution in [-0.4, -0.2) is 64.1 Å². The second kappa shape index (κ2) is 8.01. The van der Waals surface area contributed by atoms with Gasteiger partial charge in [0.1, 0.15) is 0 Å². The highest BCUT2D eigenvalue weighted by Crippen LogP contribution is 2.18. The van der Waals surface area contributed by atoms with Gasteiger partial charge in [-0.2, -0.15) is 0 Å². The first-order chi connectivity index (χ1) is 7.77. The Balaban J connectivity index is 2.17. The maximum Gasteiger partial charge on any atom is 0.0615 e. The molecule has 1 fully saturated rings. The highest BCUT2D eigenvalue weighted by molar-refractivity contribution is 4.81. The van der Waals surface area contributed by atoms with E-state index < -0.39 is 0 Å². The smallest absolute Gasteiger partial charge is 0.0615 e. The number of rotatable bonds is 10. The van der Waals surface area contributed by atoms with Gasteiger partial charge in [0.15, 0.2) is 0 Å². The summed E-state index contributed by atoms with van der Waals surface area (Å²) in [5, 5.41) is 3.54. The Morgan fingerprint density at radius 3 is 2.56 bits per heavy atom. The van der Waals surface area contributed by atoms with E-state index in [0.29, 0.717) is 6.04 Å². The van der Waals surface area contributed by atoms with Crippen LogP contribution in [0.15, 0.2) is 0 Å². The number of ether oxygens (including phenoxy) is 2. The van der Waals surface area contributed by atoms with E-state index in [0.717, 1.165) is 38.9 Å². The molecule has 0 bridgehead atoms. The van der Waals surface area contributed by atoms with Crippen molar-refractivity contribution in [1.29, 1.82) is 0 Å². The van der Waals surface area contributed by atoms with Gasteiger partial charge in [0.05, 0.1) is 13.2 Å². The van der Waals surface area contributed by atoms with Crippen molar-refractivity contribution in [2.75, 3.05) is 47.1 Å². The molecule has 0 aromatic rings. The molecule has 0 aliphatic heterocycles. The van der Waals surface area contributed by atoms with Crippen LogP contribution in [0.4, 0.5) is 0 Å². The molecule has 16 heavy (non-hydrogen) atoms. The average molecular weight is 230 g/mol. The highest BCUT2D eigenvalue weighted by atomic mass is 16.5. The van der Waals surface area contributed by atoms with Crippen LogP contribution in [-0.2, 0) is 9.47 Å². The summed E-state index contributed by atoms with van der Waals surface area (Å²) in [5.41, 5.74) is 0. The second-order valence-corrected chi connectivity index (χ2v) is 4.56. The molecule has 0 radical (unpaired) electrons. The summed E-state index contributed by atoms with van der Waals surface area (Å²) in [4.78, 5) is 2.42. The third kappa shape index (κ3) is 5.80. The van der Waals surface area contributed by atoms with E-state index in [2.05, 4.69) is 17.1 Å².